The molecule has 1 aliphatic carbocycles. The number of halogens is 1. The van der Waals surface area contributed by atoms with E-state index < -0.39 is 0 Å². The summed E-state index contributed by atoms with van der Waals surface area (Å²) in [7, 11) is 0. The zero-order chi connectivity index (χ0) is 12.4. The fourth-order valence-electron chi connectivity index (χ4n) is 3.61. The predicted molar refractivity (Wildman–Crippen MR) is 78.9 cm³/mol. The van der Waals surface area contributed by atoms with Crippen LogP contribution >= 0.6 is 15.9 Å². The Hall–Kier alpha value is -0.570. The van der Waals surface area contributed by atoms with Crippen LogP contribution in [-0.2, 0) is 0 Å². The van der Waals surface area contributed by atoms with Gasteiger partial charge in [-0.15, -0.1) is 0 Å². The van der Waals surface area contributed by atoms with E-state index in [-0.39, 0.29) is 0 Å². The number of rotatable bonds is 1. The third-order valence-corrected chi connectivity index (χ3v) is 5.23. The average molecular weight is 309 g/mol. The number of aromatic nitrogens is 1. The van der Waals surface area contributed by atoms with Crippen LogP contribution in [0.25, 0.3) is 0 Å². The minimum absolute atomic E-state index is 0.689. The van der Waals surface area contributed by atoms with Crippen LogP contribution < -0.4 is 4.90 Å². The third kappa shape index (κ3) is 2.56. The van der Waals surface area contributed by atoms with Gasteiger partial charge in [-0.3, -0.25) is 4.98 Å². The first-order valence-electron chi connectivity index (χ1n) is 7.13. The van der Waals surface area contributed by atoms with Crippen molar-refractivity contribution in [2.75, 3.05) is 18.0 Å². The first kappa shape index (κ1) is 12.5. The maximum Gasteiger partial charge on any atom is 0.0564 e. The van der Waals surface area contributed by atoms with Gasteiger partial charge in [0, 0.05) is 23.8 Å². The Labute approximate surface area is 118 Å². The van der Waals surface area contributed by atoms with Crippen molar-refractivity contribution in [1.82, 2.24) is 4.98 Å². The molecule has 0 atom stereocenters. The number of anilines is 1. The number of hydrogen-bond acceptors (Lipinski definition) is 2. The van der Waals surface area contributed by atoms with Crippen LogP contribution in [0.4, 0.5) is 5.69 Å². The van der Waals surface area contributed by atoms with Crippen molar-refractivity contribution < 1.29 is 0 Å². The third-order valence-electron chi connectivity index (χ3n) is 4.79. The number of piperidine rings is 1. The molecule has 0 aromatic carbocycles. The molecule has 0 N–H and O–H groups in total. The predicted octanol–water partition coefficient (Wildman–Crippen LogP) is 4.39. The SMILES string of the molecule is Brc1cncc(N2CCC3(CCCCC3)CC2)c1. The summed E-state index contributed by atoms with van der Waals surface area (Å²) in [6, 6.07) is 2.19. The lowest BCUT2D eigenvalue weighted by atomic mass is 9.68. The van der Waals surface area contributed by atoms with Crippen LogP contribution in [0.1, 0.15) is 44.9 Å². The molecular weight excluding hydrogens is 288 g/mol. The number of hydrogen-bond donors (Lipinski definition) is 0. The average Bonchev–Trinajstić information content (AvgIpc) is 2.40. The van der Waals surface area contributed by atoms with E-state index in [4.69, 9.17) is 0 Å². The smallest absolute Gasteiger partial charge is 0.0564 e. The van der Waals surface area contributed by atoms with Gasteiger partial charge in [-0.2, -0.15) is 0 Å². The zero-order valence-electron chi connectivity index (χ0n) is 10.9. The molecule has 0 unspecified atom stereocenters. The highest BCUT2D eigenvalue weighted by atomic mass is 79.9. The maximum atomic E-state index is 4.27. The quantitative estimate of drug-likeness (QED) is 0.764. The molecule has 98 valence electrons. The highest BCUT2D eigenvalue weighted by Crippen LogP contribution is 2.45. The van der Waals surface area contributed by atoms with E-state index in [1.54, 1.807) is 0 Å². The van der Waals surface area contributed by atoms with Crippen LogP contribution in [0.2, 0.25) is 0 Å². The zero-order valence-corrected chi connectivity index (χ0v) is 12.5. The molecule has 2 fully saturated rings. The summed E-state index contributed by atoms with van der Waals surface area (Å²) < 4.78 is 1.08. The normalized spacial score (nSPS) is 23.3. The monoisotopic (exact) mass is 308 g/mol. The van der Waals surface area contributed by atoms with Gasteiger partial charge in [0.1, 0.15) is 0 Å². The number of nitrogens with zero attached hydrogens (tertiary/aromatic N) is 2. The molecule has 3 rings (SSSR count). The molecule has 3 heteroatoms. The Morgan fingerprint density at radius 2 is 1.72 bits per heavy atom. The molecule has 1 saturated carbocycles. The molecule has 1 spiro atoms. The van der Waals surface area contributed by atoms with Crippen LogP contribution in [0.5, 0.6) is 0 Å². The standard InChI is InChI=1S/C15H21BrN2/c16-13-10-14(12-17-11-13)18-8-6-15(7-9-18)4-2-1-3-5-15/h10-12H,1-9H2. The lowest BCUT2D eigenvalue weighted by Gasteiger charge is -2.45. The molecule has 2 nitrogen and oxygen atoms in total. The topological polar surface area (TPSA) is 16.1 Å². The molecule has 1 saturated heterocycles. The summed E-state index contributed by atoms with van der Waals surface area (Å²) in [4.78, 5) is 6.77. The molecule has 0 radical (unpaired) electrons. The number of pyridine rings is 1. The molecule has 1 aromatic heterocycles. The minimum atomic E-state index is 0.689. The van der Waals surface area contributed by atoms with Crippen molar-refractivity contribution in [2.24, 2.45) is 5.41 Å². The van der Waals surface area contributed by atoms with Crippen molar-refractivity contribution in [1.29, 1.82) is 0 Å². The molecule has 18 heavy (non-hydrogen) atoms. The van der Waals surface area contributed by atoms with E-state index in [0.717, 1.165) is 4.47 Å². The first-order valence-corrected chi connectivity index (χ1v) is 7.92. The van der Waals surface area contributed by atoms with E-state index in [1.807, 2.05) is 12.4 Å². The van der Waals surface area contributed by atoms with Gasteiger partial charge in [0.25, 0.3) is 0 Å². The summed E-state index contributed by atoms with van der Waals surface area (Å²) in [5, 5.41) is 0. The molecule has 1 aliphatic heterocycles. The van der Waals surface area contributed by atoms with Gasteiger partial charge in [0.2, 0.25) is 0 Å². The van der Waals surface area contributed by atoms with Crippen molar-refractivity contribution in [3.63, 3.8) is 0 Å². The largest absolute Gasteiger partial charge is 0.370 e. The molecule has 2 heterocycles. The van der Waals surface area contributed by atoms with Gasteiger partial charge in [-0.05, 0) is 53.1 Å². The Bertz CT molecular complexity index is 403. The van der Waals surface area contributed by atoms with E-state index in [1.165, 1.54) is 63.7 Å². The van der Waals surface area contributed by atoms with Gasteiger partial charge >= 0.3 is 0 Å². The van der Waals surface area contributed by atoms with Crippen LogP contribution in [0.3, 0.4) is 0 Å². The van der Waals surface area contributed by atoms with Gasteiger partial charge < -0.3 is 4.90 Å². The van der Waals surface area contributed by atoms with Crippen LogP contribution in [-0.4, -0.2) is 18.1 Å². The summed E-state index contributed by atoms with van der Waals surface area (Å²) in [5.41, 5.74) is 1.96. The van der Waals surface area contributed by atoms with E-state index in [2.05, 4.69) is 31.9 Å². The van der Waals surface area contributed by atoms with Gasteiger partial charge in [0.15, 0.2) is 0 Å². The van der Waals surface area contributed by atoms with Crippen LogP contribution in [0, 0.1) is 5.41 Å². The van der Waals surface area contributed by atoms with Gasteiger partial charge in [-0.1, -0.05) is 19.3 Å². The molecule has 0 bridgehead atoms. The molecule has 1 aromatic rings. The van der Waals surface area contributed by atoms with Crippen molar-refractivity contribution in [3.05, 3.63) is 22.9 Å². The Morgan fingerprint density at radius 3 is 2.39 bits per heavy atom. The van der Waals surface area contributed by atoms with Crippen molar-refractivity contribution >= 4 is 21.6 Å². The second kappa shape index (κ2) is 5.20. The molecule has 0 amide bonds. The maximum absolute atomic E-state index is 4.27. The molecular formula is C15H21BrN2. The fraction of sp³-hybridized carbons (Fsp3) is 0.667. The first-order chi connectivity index (χ1) is 8.77. The van der Waals surface area contributed by atoms with Crippen LogP contribution in [0.15, 0.2) is 22.9 Å². The summed E-state index contributed by atoms with van der Waals surface area (Å²) >= 11 is 3.51. The Kier molecular flexibility index (Phi) is 3.60. The van der Waals surface area contributed by atoms with Gasteiger partial charge in [-0.25, -0.2) is 0 Å². The van der Waals surface area contributed by atoms with E-state index >= 15 is 0 Å². The summed E-state index contributed by atoms with van der Waals surface area (Å²) in [5.74, 6) is 0. The second-order valence-electron chi connectivity index (χ2n) is 5.91. The highest BCUT2D eigenvalue weighted by Gasteiger charge is 2.35. The highest BCUT2D eigenvalue weighted by molar-refractivity contribution is 9.10. The van der Waals surface area contributed by atoms with Gasteiger partial charge in [0.05, 0.1) is 11.9 Å². The van der Waals surface area contributed by atoms with Crippen molar-refractivity contribution in [3.8, 4) is 0 Å². The summed E-state index contributed by atoms with van der Waals surface area (Å²) in [6.45, 7) is 2.41. The Balaban J connectivity index is 1.66. The second-order valence-corrected chi connectivity index (χ2v) is 6.82. The fourth-order valence-corrected chi connectivity index (χ4v) is 3.97. The van der Waals surface area contributed by atoms with E-state index in [9.17, 15) is 0 Å². The van der Waals surface area contributed by atoms with Crippen molar-refractivity contribution in [2.45, 2.75) is 44.9 Å². The minimum Gasteiger partial charge on any atom is -0.370 e. The lowest BCUT2D eigenvalue weighted by Crippen LogP contribution is -2.41. The summed E-state index contributed by atoms with van der Waals surface area (Å²) in [6.07, 6.45) is 13.9. The Morgan fingerprint density at radius 1 is 1.00 bits per heavy atom. The lowest BCUT2D eigenvalue weighted by molar-refractivity contribution is 0.144. The van der Waals surface area contributed by atoms with E-state index in [0.29, 0.717) is 5.41 Å². The molecule has 2 aliphatic rings.